The summed E-state index contributed by atoms with van der Waals surface area (Å²) in [6.45, 7) is 1.75. The van der Waals surface area contributed by atoms with E-state index in [2.05, 4.69) is 5.43 Å². The van der Waals surface area contributed by atoms with Crippen molar-refractivity contribution < 1.29 is 8.42 Å². The topological polar surface area (TPSA) is 72.2 Å². The minimum absolute atomic E-state index is 0.104. The largest absolute Gasteiger partial charge is 0.271 e. The maximum Gasteiger partial charge on any atom is 0.151 e. The van der Waals surface area contributed by atoms with Crippen LogP contribution in [0.1, 0.15) is 45.4 Å². The summed E-state index contributed by atoms with van der Waals surface area (Å²) in [5.41, 5.74) is 2.73. The van der Waals surface area contributed by atoms with Gasteiger partial charge in [-0.25, -0.2) is 8.42 Å². The van der Waals surface area contributed by atoms with Gasteiger partial charge in [0.1, 0.15) is 0 Å². The summed E-state index contributed by atoms with van der Waals surface area (Å²) in [7, 11) is -3.02. The third-order valence-electron chi connectivity index (χ3n) is 3.78. The fourth-order valence-electron chi connectivity index (χ4n) is 2.59. The Bertz CT molecular complexity index is 295. The van der Waals surface area contributed by atoms with Crippen LogP contribution in [0.5, 0.6) is 0 Å². The number of hydrazine groups is 1. The van der Waals surface area contributed by atoms with Gasteiger partial charge in [0, 0.05) is 12.3 Å². The SMILES string of the molecule is CC(C(NN)C1CCCCCC1)S(C)(=O)=O. The summed E-state index contributed by atoms with van der Waals surface area (Å²) in [6.07, 6.45) is 8.39. The molecular formula is C11H24N2O2S. The number of hydrogen-bond acceptors (Lipinski definition) is 4. The van der Waals surface area contributed by atoms with Gasteiger partial charge in [0.25, 0.3) is 0 Å². The first kappa shape index (κ1) is 13.9. The summed E-state index contributed by atoms with van der Waals surface area (Å²) in [5, 5.41) is -0.402. The summed E-state index contributed by atoms with van der Waals surface area (Å²) in [4.78, 5) is 0. The summed E-state index contributed by atoms with van der Waals surface area (Å²) in [6, 6.07) is -0.104. The molecule has 2 atom stereocenters. The Labute approximate surface area is 98.9 Å². The third-order valence-corrected chi connectivity index (χ3v) is 5.43. The second-order valence-corrected chi connectivity index (χ2v) is 7.38. The molecule has 4 nitrogen and oxygen atoms in total. The highest BCUT2D eigenvalue weighted by Gasteiger charge is 2.31. The lowest BCUT2D eigenvalue weighted by molar-refractivity contribution is 0.315. The molecule has 1 rings (SSSR count). The van der Waals surface area contributed by atoms with Gasteiger partial charge in [0.15, 0.2) is 9.84 Å². The van der Waals surface area contributed by atoms with Gasteiger partial charge in [0.05, 0.1) is 5.25 Å². The molecule has 0 spiro atoms. The van der Waals surface area contributed by atoms with Crippen molar-refractivity contribution in [2.24, 2.45) is 11.8 Å². The first-order chi connectivity index (χ1) is 7.46. The fourth-order valence-corrected chi connectivity index (χ4v) is 3.42. The molecule has 0 aromatic rings. The summed E-state index contributed by atoms with van der Waals surface area (Å²) in [5.74, 6) is 5.94. The van der Waals surface area contributed by atoms with Gasteiger partial charge in [-0.3, -0.25) is 11.3 Å². The molecular weight excluding hydrogens is 224 g/mol. The van der Waals surface area contributed by atoms with E-state index in [1.165, 1.54) is 31.9 Å². The van der Waals surface area contributed by atoms with Crippen molar-refractivity contribution in [1.29, 1.82) is 0 Å². The lowest BCUT2D eigenvalue weighted by atomic mass is 9.90. The lowest BCUT2D eigenvalue weighted by Crippen LogP contribution is -2.50. The third kappa shape index (κ3) is 3.71. The summed E-state index contributed by atoms with van der Waals surface area (Å²) >= 11 is 0. The van der Waals surface area contributed by atoms with Crippen molar-refractivity contribution in [1.82, 2.24) is 5.43 Å². The molecule has 1 aliphatic rings. The second kappa shape index (κ2) is 5.98. The van der Waals surface area contributed by atoms with Crippen LogP contribution in [0.3, 0.4) is 0 Å². The van der Waals surface area contributed by atoms with E-state index < -0.39 is 15.1 Å². The molecule has 1 saturated carbocycles. The Balaban J connectivity index is 2.72. The van der Waals surface area contributed by atoms with Crippen molar-refractivity contribution in [3.8, 4) is 0 Å². The molecule has 0 heterocycles. The van der Waals surface area contributed by atoms with Crippen molar-refractivity contribution >= 4 is 9.84 Å². The smallest absolute Gasteiger partial charge is 0.151 e. The van der Waals surface area contributed by atoms with Crippen LogP contribution < -0.4 is 11.3 Å². The van der Waals surface area contributed by atoms with E-state index in [1.54, 1.807) is 6.92 Å². The van der Waals surface area contributed by atoms with Crippen LogP contribution in [0, 0.1) is 5.92 Å². The lowest BCUT2D eigenvalue weighted by Gasteiger charge is -2.29. The minimum atomic E-state index is -3.02. The maximum absolute atomic E-state index is 11.6. The molecule has 0 aromatic carbocycles. The van der Waals surface area contributed by atoms with Crippen molar-refractivity contribution in [3.63, 3.8) is 0 Å². The van der Waals surface area contributed by atoms with E-state index in [0.717, 1.165) is 12.8 Å². The second-order valence-electron chi connectivity index (χ2n) is 4.98. The predicted molar refractivity (Wildman–Crippen MR) is 66.6 cm³/mol. The van der Waals surface area contributed by atoms with E-state index in [-0.39, 0.29) is 6.04 Å². The van der Waals surface area contributed by atoms with Crippen molar-refractivity contribution in [2.75, 3.05) is 6.26 Å². The highest BCUT2D eigenvalue weighted by Crippen LogP contribution is 2.28. The van der Waals surface area contributed by atoms with Crippen LogP contribution in [0.15, 0.2) is 0 Å². The molecule has 1 fully saturated rings. The first-order valence-corrected chi connectivity index (χ1v) is 8.07. The molecule has 0 radical (unpaired) electrons. The first-order valence-electron chi connectivity index (χ1n) is 6.12. The molecule has 2 unspecified atom stereocenters. The quantitative estimate of drug-likeness (QED) is 0.446. The molecule has 0 aliphatic heterocycles. The highest BCUT2D eigenvalue weighted by molar-refractivity contribution is 7.91. The zero-order valence-corrected chi connectivity index (χ0v) is 11.1. The van der Waals surface area contributed by atoms with Gasteiger partial charge in [-0.15, -0.1) is 0 Å². The van der Waals surface area contributed by atoms with E-state index in [1.807, 2.05) is 0 Å². The molecule has 0 saturated heterocycles. The number of sulfone groups is 1. The average Bonchev–Trinajstić information content (AvgIpc) is 2.46. The molecule has 1 aliphatic carbocycles. The molecule has 5 heteroatoms. The average molecular weight is 248 g/mol. The van der Waals surface area contributed by atoms with Crippen molar-refractivity contribution in [2.45, 2.75) is 56.7 Å². The predicted octanol–water partition coefficient (Wildman–Crippen LogP) is 1.22. The maximum atomic E-state index is 11.6. The van der Waals surface area contributed by atoms with Crippen LogP contribution in [0.2, 0.25) is 0 Å². The van der Waals surface area contributed by atoms with Gasteiger partial charge in [-0.05, 0) is 25.7 Å². The van der Waals surface area contributed by atoms with E-state index in [4.69, 9.17) is 5.84 Å². The van der Waals surface area contributed by atoms with Crippen LogP contribution in [-0.2, 0) is 9.84 Å². The Morgan fingerprint density at radius 2 is 1.69 bits per heavy atom. The monoisotopic (exact) mass is 248 g/mol. The zero-order valence-electron chi connectivity index (χ0n) is 10.3. The standard InChI is InChI=1S/C11H24N2O2S/c1-9(16(2,14)15)11(13-12)10-7-5-3-4-6-8-10/h9-11,13H,3-8,12H2,1-2H3. The van der Waals surface area contributed by atoms with Gasteiger partial charge >= 0.3 is 0 Å². The molecule has 16 heavy (non-hydrogen) atoms. The van der Waals surface area contributed by atoms with E-state index in [0.29, 0.717) is 5.92 Å². The number of rotatable bonds is 4. The van der Waals surface area contributed by atoms with E-state index >= 15 is 0 Å². The Morgan fingerprint density at radius 3 is 2.06 bits per heavy atom. The number of hydrogen-bond donors (Lipinski definition) is 2. The fraction of sp³-hybridized carbons (Fsp3) is 1.00. The van der Waals surface area contributed by atoms with Gasteiger partial charge < -0.3 is 0 Å². The normalized spacial score (nSPS) is 23.7. The van der Waals surface area contributed by atoms with Crippen molar-refractivity contribution in [3.05, 3.63) is 0 Å². The zero-order chi connectivity index (χ0) is 12.2. The van der Waals surface area contributed by atoms with Crippen LogP contribution in [0.4, 0.5) is 0 Å². The Hall–Kier alpha value is -0.130. The van der Waals surface area contributed by atoms with Gasteiger partial charge in [-0.2, -0.15) is 0 Å². The molecule has 0 amide bonds. The highest BCUT2D eigenvalue weighted by atomic mass is 32.2. The molecule has 96 valence electrons. The van der Waals surface area contributed by atoms with Crippen LogP contribution in [0.25, 0.3) is 0 Å². The van der Waals surface area contributed by atoms with Gasteiger partial charge in [0.2, 0.25) is 0 Å². The Kier molecular flexibility index (Phi) is 5.21. The molecule has 0 bridgehead atoms. The van der Waals surface area contributed by atoms with Gasteiger partial charge in [-0.1, -0.05) is 25.7 Å². The molecule has 0 aromatic heterocycles. The minimum Gasteiger partial charge on any atom is -0.271 e. The van der Waals surface area contributed by atoms with Crippen LogP contribution in [-0.4, -0.2) is 26.0 Å². The molecule has 3 N–H and O–H groups in total. The van der Waals surface area contributed by atoms with E-state index in [9.17, 15) is 8.42 Å². The number of nitrogens with one attached hydrogen (secondary N) is 1. The van der Waals surface area contributed by atoms with Crippen LogP contribution >= 0.6 is 0 Å². The summed E-state index contributed by atoms with van der Waals surface area (Å²) < 4.78 is 23.1. The number of nitrogens with two attached hydrogens (primary N) is 1. The Morgan fingerprint density at radius 1 is 1.19 bits per heavy atom.